The number of piperazine rings is 1. The molecule has 2 fully saturated rings. The second-order valence-electron chi connectivity index (χ2n) is 11.1. The van der Waals surface area contributed by atoms with Crippen LogP contribution >= 0.6 is 0 Å². The minimum absolute atomic E-state index is 0.0419. The Morgan fingerprint density at radius 3 is 2.61 bits per heavy atom. The van der Waals surface area contributed by atoms with Crippen molar-refractivity contribution >= 4 is 23.4 Å². The van der Waals surface area contributed by atoms with E-state index in [1.54, 1.807) is 36.5 Å². The van der Waals surface area contributed by atoms with Gasteiger partial charge in [0, 0.05) is 61.9 Å². The number of nitrogens with one attached hydrogen (secondary N) is 1. The first kappa shape index (κ1) is 29.2. The highest BCUT2D eigenvalue weighted by molar-refractivity contribution is 6.05. The summed E-state index contributed by atoms with van der Waals surface area (Å²) in [6.07, 6.45) is 2.15. The number of ether oxygens (including phenoxy) is 1. The van der Waals surface area contributed by atoms with Crippen LogP contribution in [0.5, 0.6) is 5.75 Å². The molecule has 3 aliphatic rings. The van der Waals surface area contributed by atoms with Crippen molar-refractivity contribution in [2.24, 2.45) is 5.73 Å². The van der Waals surface area contributed by atoms with Crippen LogP contribution in [0.15, 0.2) is 54.7 Å². The number of fused-ring (bicyclic) bond motifs is 1. The summed E-state index contributed by atoms with van der Waals surface area (Å²) in [4.78, 5) is 47.1. The molecule has 0 radical (unpaired) electrons. The summed E-state index contributed by atoms with van der Waals surface area (Å²) in [7, 11) is 0. The summed E-state index contributed by atoms with van der Waals surface area (Å²) >= 11 is 0. The number of pyridine rings is 1. The minimum Gasteiger partial charge on any atom is -0.488 e. The maximum absolute atomic E-state index is 15.4. The first-order valence-corrected chi connectivity index (χ1v) is 14.6. The third kappa shape index (κ3) is 5.71. The van der Waals surface area contributed by atoms with Crippen LogP contribution in [0.25, 0.3) is 0 Å². The van der Waals surface area contributed by atoms with Gasteiger partial charge in [0.15, 0.2) is 0 Å². The van der Waals surface area contributed by atoms with Crippen LogP contribution in [0, 0.1) is 17.1 Å². The minimum atomic E-state index is -0.725. The predicted molar refractivity (Wildman–Crippen MR) is 158 cm³/mol. The molecule has 3 aliphatic heterocycles. The molecule has 2 saturated heterocycles. The fourth-order valence-corrected chi connectivity index (χ4v) is 6.16. The summed E-state index contributed by atoms with van der Waals surface area (Å²) in [5.74, 6) is -1.07. The zero-order valence-electron chi connectivity index (χ0n) is 24.0. The maximum atomic E-state index is 15.4. The second-order valence-corrected chi connectivity index (χ2v) is 11.1. The molecular weight excluding hydrogens is 565 g/mol. The SMILES string of the molecule is N#Cc1ccc(N2CCN(C(CN)c3ccc(COc4cccc5c4CN([C@H]4CCC(=O)NC4=O)C5=O)c(F)c3)CC2)cn1. The zero-order chi connectivity index (χ0) is 30.8. The molecule has 3 amide bonds. The lowest BCUT2D eigenvalue weighted by Crippen LogP contribution is -2.52. The molecule has 3 aromatic rings. The van der Waals surface area contributed by atoms with E-state index < -0.39 is 17.8 Å². The van der Waals surface area contributed by atoms with Crippen molar-refractivity contribution in [3.8, 4) is 11.8 Å². The number of piperidine rings is 1. The highest BCUT2D eigenvalue weighted by atomic mass is 19.1. The Bertz CT molecular complexity index is 1630. The second kappa shape index (κ2) is 12.4. The van der Waals surface area contributed by atoms with E-state index in [9.17, 15) is 14.4 Å². The molecule has 4 heterocycles. The van der Waals surface area contributed by atoms with E-state index in [2.05, 4.69) is 20.1 Å². The number of halogens is 1. The molecule has 226 valence electrons. The van der Waals surface area contributed by atoms with Gasteiger partial charge in [0.05, 0.1) is 18.4 Å². The van der Waals surface area contributed by atoms with Gasteiger partial charge in [-0.25, -0.2) is 9.37 Å². The van der Waals surface area contributed by atoms with Crippen LogP contribution in [0.3, 0.4) is 0 Å². The maximum Gasteiger partial charge on any atom is 0.255 e. The Balaban J connectivity index is 1.09. The average molecular weight is 598 g/mol. The summed E-state index contributed by atoms with van der Waals surface area (Å²) in [6, 6.07) is 15.0. The predicted octanol–water partition coefficient (Wildman–Crippen LogP) is 2.25. The third-order valence-electron chi connectivity index (χ3n) is 8.59. The molecule has 0 bridgehead atoms. The number of carbonyl (C=O) groups is 3. The van der Waals surface area contributed by atoms with Crippen molar-refractivity contribution in [1.82, 2.24) is 20.1 Å². The van der Waals surface area contributed by atoms with Gasteiger partial charge in [-0.2, -0.15) is 5.26 Å². The normalized spacial score (nSPS) is 19.4. The van der Waals surface area contributed by atoms with Crippen molar-refractivity contribution < 1.29 is 23.5 Å². The number of nitrogens with zero attached hydrogens (tertiary/aromatic N) is 5. The van der Waals surface area contributed by atoms with Crippen molar-refractivity contribution in [3.05, 3.63) is 88.5 Å². The largest absolute Gasteiger partial charge is 0.488 e. The van der Waals surface area contributed by atoms with Crippen LogP contribution in [-0.2, 0) is 22.7 Å². The van der Waals surface area contributed by atoms with Crippen molar-refractivity contribution in [1.29, 1.82) is 5.26 Å². The number of amides is 3. The monoisotopic (exact) mass is 597 g/mol. The number of hydrogen-bond acceptors (Lipinski definition) is 9. The lowest BCUT2D eigenvalue weighted by Gasteiger charge is -2.40. The standard InChI is InChI=1S/C32H32FN7O4/c33-26-14-20(28(16-35)39-12-10-38(11-13-39)23-7-6-22(15-34)36-17-23)4-5-21(26)19-44-29-3-1-2-24-25(29)18-40(32(24)43)27-8-9-30(41)37-31(27)42/h1-7,14,17,27-28H,8-13,16,18-19,35H2,(H,37,41,42)/t27-,28?/m0/s1. The van der Waals surface area contributed by atoms with Crippen molar-refractivity contribution in [2.45, 2.75) is 38.1 Å². The number of benzene rings is 2. The number of nitriles is 1. The lowest BCUT2D eigenvalue weighted by atomic mass is 10.0. The van der Waals surface area contributed by atoms with Gasteiger partial charge in [-0.15, -0.1) is 0 Å². The molecule has 44 heavy (non-hydrogen) atoms. The highest BCUT2D eigenvalue weighted by Gasteiger charge is 2.40. The van der Waals surface area contributed by atoms with E-state index in [0.29, 0.717) is 34.7 Å². The van der Waals surface area contributed by atoms with Crippen LogP contribution < -0.4 is 20.7 Å². The van der Waals surface area contributed by atoms with Gasteiger partial charge in [0.1, 0.15) is 36.0 Å². The molecule has 2 atom stereocenters. The van der Waals surface area contributed by atoms with Crippen LogP contribution in [0.2, 0.25) is 0 Å². The fourth-order valence-electron chi connectivity index (χ4n) is 6.16. The van der Waals surface area contributed by atoms with Gasteiger partial charge in [0.2, 0.25) is 11.8 Å². The zero-order valence-corrected chi connectivity index (χ0v) is 24.0. The van der Waals surface area contributed by atoms with Gasteiger partial charge < -0.3 is 20.3 Å². The molecule has 0 aliphatic carbocycles. The molecule has 0 spiro atoms. The number of anilines is 1. The van der Waals surface area contributed by atoms with E-state index in [4.69, 9.17) is 15.7 Å². The average Bonchev–Trinajstić information content (AvgIpc) is 3.38. The molecule has 12 heteroatoms. The molecular formula is C32H32FN7O4. The van der Waals surface area contributed by atoms with Gasteiger partial charge in [-0.1, -0.05) is 18.2 Å². The molecule has 3 N–H and O–H groups in total. The van der Waals surface area contributed by atoms with Crippen molar-refractivity contribution in [3.63, 3.8) is 0 Å². The van der Waals surface area contributed by atoms with E-state index in [0.717, 1.165) is 37.4 Å². The summed E-state index contributed by atoms with van der Waals surface area (Å²) < 4.78 is 21.4. The Hall–Kier alpha value is -4.86. The third-order valence-corrected chi connectivity index (χ3v) is 8.59. The lowest BCUT2D eigenvalue weighted by molar-refractivity contribution is -0.136. The molecule has 6 rings (SSSR count). The molecule has 0 saturated carbocycles. The topological polar surface area (TPSA) is 145 Å². The Labute approximate surface area is 254 Å². The van der Waals surface area contributed by atoms with E-state index in [-0.39, 0.29) is 43.8 Å². The molecule has 1 aromatic heterocycles. The number of aromatic nitrogens is 1. The van der Waals surface area contributed by atoms with Crippen LogP contribution in [-0.4, -0.2) is 71.3 Å². The number of hydrogen-bond donors (Lipinski definition) is 2. The Kier molecular flexibility index (Phi) is 8.23. The summed E-state index contributed by atoms with van der Waals surface area (Å²) in [6.45, 7) is 3.45. The molecule has 2 aromatic carbocycles. The van der Waals surface area contributed by atoms with Crippen LogP contribution in [0.4, 0.5) is 10.1 Å². The quantitative estimate of drug-likeness (QED) is 0.374. The fraction of sp³-hybridized carbons (Fsp3) is 0.344. The van der Waals surface area contributed by atoms with E-state index in [1.165, 1.54) is 11.0 Å². The Morgan fingerprint density at radius 2 is 1.93 bits per heavy atom. The van der Waals surface area contributed by atoms with E-state index in [1.807, 2.05) is 18.2 Å². The summed E-state index contributed by atoms with van der Waals surface area (Å²) in [5.41, 5.74) is 9.73. The number of nitrogens with two attached hydrogens (primary N) is 1. The van der Waals surface area contributed by atoms with Gasteiger partial charge >= 0.3 is 0 Å². The number of imide groups is 1. The first-order valence-electron chi connectivity index (χ1n) is 14.6. The Morgan fingerprint density at radius 1 is 1.11 bits per heavy atom. The summed E-state index contributed by atoms with van der Waals surface area (Å²) in [5, 5.41) is 11.3. The smallest absolute Gasteiger partial charge is 0.255 e. The highest BCUT2D eigenvalue weighted by Crippen LogP contribution is 2.34. The first-order chi connectivity index (χ1) is 21.4. The van der Waals surface area contributed by atoms with Gasteiger partial charge in [0.25, 0.3) is 5.91 Å². The number of rotatable bonds is 8. The molecule has 1 unspecified atom stereocenters. The van der Waals surface area contributed by atoms with Crippen molar-refractivity contribution in [2.75, 3.05) is 37.6 Å². The van der Waals surface area contributed by atoms with E-state index >= 15 is 4.39 Å². The van der Waals surface area contributed by atoms with Crippen LogP contribution in [0.1, 0.15) is 51.6 Å². The van der Waals surface area contributed by atoms with Gasteiger partial charge in [-0.05, 0) is 42.3 Å². The van der Waals surface area contributed by atoms with Gasteiger partial charge in [-0.3, -0.25) is 24.6 Å². The number of carbonyl (C=O) groups excluding carboxylic acids is 3. The molecule has 11 nitrogen and oxygen atoms in total.